The molecule has 0 aliphatic heterocycles. The number of nitrogen functional groups attached to an aromatic ring is 1. The second-order valence-corrected chi connectivity index (χ2v) is 4.08. The number of nitrogens with zero attached hydrogens (tertiary/aromatic N) is 2. The highest BCUT2D eigenvalue weighted by Gasteiger charge is 2.27. The van der Waals surface area contributed by atoms with Crippen LogP contribution in [0.3, 0.4) is 0 Å². The second kappa shape index (κ2) is 3.69. The van der Waals surface area contributed by atoms with Crippen molar-refractivity contribution in [2.75, 3.05) is 5.73 Å². The molecule has 0 radical (unpaired) electrons. The molecule has 0 aliphatic rings. The van der Waals surface area contributed by atoms with Crippen LogP contribution in [0.2, 0.25) is 0 Å². The summed E-state index contributed by atoms with van der Waals surface area (Å²) in [5.74, 6) is -1.49. The molecule has 13 heavy (non-hydrogen) atoms. The van der Waals surface area contributed by atoms with Crippen LogP contribution in [-0.4, -0.2) is 21.3 Å². The van der Waals surface area contributed by atoms with Crippen LogP contribution in [0.4, 0.5) is 5.13 Å². The van der Waals surface area contributed by atoms with Gasteiger partial charge in [-0.3, -0.25) is 4.79 Å². The van der Waals surface area contributed by atoms with Gasteiger partial charge in [0.25, 0.3) is 0 Å². The number of anilines is 1. The Morgan fingerprint density at radius 1 is 1.54 bits per heavy atom. The zero-order valence-corrected chi connectivity index (χ0v) is 8.21. The Morgan fingerprint density at radius 3 is 2.46 bits per heavy atom. The van der Waals surface area contributed by atoms with E-state index in [1.165, 1.54) is 0 Å². The maximum Gasteiger partial charge on any atom is 0.313 e. The van der Waals surface area contributed by atoms with E-state index in [1.54, 1.807) is 0 Å². The largest absolute Gasteiger partial charge is 0.481 e. The SMILES string of the molecule is CC(C)C(C(=O)O)c1nnc(N)s1. The van der Waals surface area contributed by atoms with E-state index >= 15 is 0 Å². The molecule has 1 rings (SSSR count). The fraction of sp³-hybridized carbons (Fsp3) is 0.571. The van der Waals surface area contributed by atoms with Crippen LogP contribution < -0.4 is 5.73 Å². The Labute approximate surface area is 79.6 Å². The number of nitrogens with two attached hydrogens (primary N) is 1. The van der Waals surface area contributed by atoms with Crippen LogP contribution in [0.25, 0.3) is 0 Å². The number of aliphatic carboxylic acids is 1. The molecule has 0 spiro atoms. The van der Waals surface area contributed by atoms with Crippen molar-refractivity contribution in [1.29, 1.82) is 0 Å². The molecule has 0 saturated carbocycles. The van der Waals surface area contributed by atoms with E-state index in [4.69, 9.17) is 10.8 Å². The molecule has 0 amide bonds. The summed E-state index contributed by atoms with van der Waals surface area (Å²) in [4.78, 5) is 10.8. The van der Waals surface area contributed by atoms with Gasteiger partial charge in [-0.15, -0.1) is 10.2 Å². The van der Waals surface area contributed by atoms with Crippen molar-refractivity contribution in [1.82, 2.24) is 10.2 Å². The zero-order valence-electron chi connectivity index (χ0n) is 7.39. The highest BCUT2D eigenvalue weighted by atomic mass is 32.1. The van der Waals surface area contributed by atoms with E-state index in [2.05, 4.69) is 10.2 Å². The number of aromatic nitrogens is 2. The lowest BCUT2D eigenvalue weighted by molar-refractivity contribution is -0.139. The van der Waals surface area contributed by atoms with Crippen LogP contribution in [0.15, 0.2) is 0 Å². The van der Waals surface area contributed by atoms with Gasteiger partial charge in [-0.05, 0) is 5.92 Å². The van der Waals surface area contributed by atoms with Crippen LogP contribution in [0.5, 0.6) is 0 Å². The number of carboxylic acids is 1. The molecule has 0 saturated heterocycles. The van der Waals surface area contributed by atoms with Crippen molar-refractivity contribution >= 4 is 22.4 Å². The van der Waals surface area contributed by atoms with Crippen molar-refractivity contribution in [3.8, 4) is 0 Å². The third kappa shape index (κ3) is 2.15. The van der Waals surface area contributed by atoms with Gasteiger partial charge in [0.15, 0.2) is 0 Å². The third-order valence-electron chi connectivity index (χ3n) is 1.66. The van der Waals surface area contributed by atoms with Gasteiger partial charge in [-0.1, -0.05) is 25.2 Å². The fourth-order valence-electron chi connectivity index (χ4n) is 1.05. The Hall–Kier alpha value is -1.17. The molecular formula is C7H11N3O2S. The molecule has 0 aromatic carbocycles. The molecule has 1 heterocycles. The number of rotatable bonds is 3. The molecule has 1 atom stereocenters. The topological polar surface area (TPSA) is 89.1 Å². The summed E-state index contributed by atoms with van der Waals surface area (Å²) in [7, 11) is 0. The first-order valence-corrected chi connectivity index (χ1v) is 4.65. The minimum absolute atomic E-state index is 0.00940. The minimum atomic E-state index is -0.883. The molecule has 3 N–H and O–H groups in total. The lowest BCUT2D eigenvalue weighted by atomic mass is 9.97. The smallest absolute Gasteiger partial charge is 0.313 e. The predicted octanol–water partition coefficient (Wildman–Crippen LogP) is 0.944. The minimum Gasteiger partial charge on any atom is -0.481 e. The van der Waals surface area contributed by atoms with E-state index in [0.717, 1.165) is 11.3 Å². The first-order chi connectivity index (χ1) is 6.02. The molecule has 1 unspecified atom stereocenters. The molecule has 0 bridgehead atoms. The normalized spacial score (nSPS) is 13.2. The van der Waals surface area contributed by atoms with Crippen molar-refractivity contribution in [3.63, 3.8) is 0 Å². The Morgan fingerprint density at radius 2 is 2.15 bits per heavy atom. The number of hydrogen-bond donors (Lipinski definition) is 2. The summed E-state index contributed by atoms with van der Waals surface area (Å²) in [6.45, 7) is 3.66. The Bertz CT molecular complexity index is 310. The molecular weight excluding hydrogens is 190 g/mol. The molecule has 5 nitrogen and oxygen atoms in total. The molecule has 72 valence electrons. The lowest BCUT2D eigenvalue weighted by Crippen LogP contribution is -2.17. The maximum absolute atomic E-state index is 10.8. The van der Waals surface area contributed by atoms with E-state index < -0.39 is 11.9 Å². The third-order valence-corrected chi connectivity index (χ3v) is 2.49. The van der Waals surface area contributed by atoms with Crippen molar-refractivity contribution in [2.45, 2.75) is 19.8 Å². The van der Waals surface area contributed by atoms with Gasteiger partial charge < -0.3 is 10.8 Å². The monoisotopic (exact) mass is 201 g/mol. The van der Waals surface area contributed by atoms with Crippen LogP contribution in [0.1, 0.15) is 24.8 Å². The van der Waals surface area contributed by atoms with Gasteiger partial charge in [-0.25, -0.2) is 0 Å². The molecule has 0 aliphatic carbocycles. The second-order valence-electron chi connectivity index (χ2n) is 3.04. The lowest BCUT2D eigenvalue weighted by Gasteiger charge is -2.11. The average Bonchev–Trinajstić information content (AvgIpc) is 2.34. The molecule has 0 fully saturated rings. The highest BCUT2D eigenvalue weighted by Crippen LogP contribution is 2.27. The number of carbonyl (C=O) groups is 1. The zero-order chi connectivity index (χ0) is 10.0. The van der Waals surface area contributed by atoms with E-state index in [1.807, 2.05) is 13.8 Å². The van der Waals surface area contributed by atoms with Crippen molar-refractivity contribution < 1.29 is 9.90 Å². The van der Waals surface area contributed by atoms with Crippen molar-refractivity contribution in [2.24, 2.45) is 5.92 Å². The van der Waals surface area contributed by atoms with Gasteiger partial charge >= 0.3 is 5.97 Å². The van der Waals surface area contributed by atoms with Gasteiger partial charge in [0.05, 0.1) is 0 Å². The summed E-state index contributed by atoms with van der Waals surface area (Å²) in [5.41, 5.74) is 5.37. The van der Waals surface area contributed by atoms with Crippen LogP contribution in [0, 0.1) is 5.92 Å². The van der Waals surface area contributed by atoms with Crippen LogP contribution in [-0.2, 0) is 4.79 Å². The van der Waals surface area contributed by atoms with Crippen LogP contribution >= 0.6 is 11.3 Å². The van der Waals surface area contributed by atoms with Gasteiger partial charge in [0.2, 0.25) is 5.13 Å². The van der Waals surface area contributed by atoms with Crippen molar-refractivity contribution in [3.05, 3.63) is 5.01 Å². The standard InChI is InChI=1S/C7H11N3O2S/c1-3(2)4(6(11)12)5-9-10-7(8)13-5/h3-4H,1-2H3,(H2,8,10)(H,11,12). The van der Waals surface area contributed by atoms with E-state index in [-0.39, 0.29) is 5.92 Å². The highest BCUT2D eigenvalue weighted by molar-refractivity contribution is 7.15. The Kier molecular flexibility index (Phi) is 2.82. The summed E-state index contributed by atoms with van der Waals surface area (Å²) in [5, 5.41) is 17.0. The van der Waals surface area contributed by atoms with Gasteiger partial charge in [0, 0.05) is 0 Å². The summed E-state index contributed by atoms with van der Waals surface area (Å²) < 4.78 is 0. The van der Waals surface area contributed by atoms with E-state index in [9.17, 15) is 4.79 Å². The quantitative estimate of drug-likeness (QED) is 0.759. The predicted molar refractivity (Wildman–Crippen MR) is 49.5 cm³/mol. The number of carboxylic acid groups (broad SMARTS) is 1. The molecule has 6 heteroatoms. The van der Waals surface area contributed by atoms with Gasteiger partial charge in [0.1, 0.15) is 10.9 Å². The number of hydrogen-bond acceptors (Lipinski definition) is 5. The fourth-order valence-corrected chi connectivity index (χ4v) is 1.93. The maximum atomic E-state index is 10.8. The summed E-state index contributed by atoms with van der Waals surface area (Å²) >= 11 is 1.13. The van der Waals surface area contributed by atoms with Gasteiger partial charge in [-0.2, -0.15) is 0 Å². The average molecular weight is 201 g/mol. The first kappa shape index (κ1) is 9.91. The Balaban J connectivity index is 2.95. The molecule has 1 aromatic heterocycles. The summed E-state index contributed by atoms with van der Waals surface area (Å²) in [6, 6.07) is 0. The first-order valence-electron chi connectivity index (χ1n) is 3.84. The van der Waals surface area contributed by atoms with E-state index in [0.29, 0.717) is 10.1 Å². The molecule has 1 aromatic rings. The summed E-state index contributed by atoms with van der Waals surface area (Å²) in [6.07, 6.45) is 0.